The third-order valence-electron chi connectivity index (χ3n) is 3.52. The minimum absolute atomic E-state index is 0.0146. The molecule has 4 aromatic rings. The van der Waals surface area contributed by atoms with Crippen molar-refractivity contribution in [2.75, 3.05) is 0 Å². The number of phenolic OH excluding ortho intramolecular Hbond substituents is 1. The Hall–Kier alpha value is -3.57. The van der Waals surface area contributed by atoms with Gasteiger partial charge in [0.1, 0.15) is 22.9 Å². The van der Waals surface area contributed by atoms with Crippen molar-refractivity contribution in [1.29, 1.82) is 5.26 Å². The van der Waals surface area contributed by atoms with E-state index in [0.29, 0.717) is 33.6 Å². The number of aromatic hydroxyl groups is 1. The van der Waals surface area contributed by atoms with Gasteiger partial charge in [0.25, 0.3) is 0 Å². The Morgan fingerprint density at radius 2 is 1.84 bits per heavy atom. The van der Waals surface area contributed by atoms with Crippen LogP contribution in [0.15, 0.2) is 52.8 Å². The molecule has 2 aromatic heterocycles. The zero-order valence-electron chi connectivity index (χ0n) is 12.5. The van der Waals surface area contributed by atoms with Gasteiger partial charge in [-0.1, -0.05) is 11.6 Å². The zero-order valence-corrected chi connectivity index (χ0v) is 13.3. The van der Waals surface area contributed by atoms with Crippen LogP contribution in [-0.2, 0) is 0 Å². The average Bonchev–Trinajstić information content (AvgIpc) is 3.06. The quantitative estimate of drug-likeness (QED) is 0.551. The summed E-state index contributed by atoms with van der Waals surface area (Å²) in [6.07, 6.45) is 1.44. The maximum absolute atomic E-state index is 9.42. The van der Waals surface area contributed by atoms with Gasteiger partial charge in [-0.3, -0.25) is 0 Å². The number of hydrogen-bond acceptors (Lipinski definition) is 7. The molecule has 0 fully saturated rings. The van der Waals surface area contributed by atoms with Gasteiger partial charge in [-0.2, -0.15) is 20.6 Å². The molecule has 0 saturated heterocycles. The lowest BCUT2D eigenvalue weighted by Crippen LogP contribution is -1.96. The first-order valence-corrected chi connectivity index (χ1v) is 7.48. The van der Waals surface area contributed by atoms with Crippen molar-refractivity contribution in [2.24, 2.45) is 10.2 Å². The van der Waals surface area contributed by atoms with Crippen molar-refractivity contribution in [1.82, 2.24) is 19.8 Å². The number of hydrogen-bond donors (Lipinski definition) is 1. The number of rotatable bonds is 2. The molecule has 0 saturated carbocycles. The molecule has 0 amide bonds. The number of azo groups is 1. The van der Waals surface area contributed by atoms with Gasteiger partial charge in [0.2, 0.25) is 0 Å². The van der Waals surface area contributed by atoms with Crippen LogP contribution in [0.5, 0.6) is 5.75 Å². The summed E-state index contributed by atoms with van der Waals surface area (Å²) in [5.41, 5.74) is 3.08. The Labute approximate surface area is 145 Å². The topological polar surface area (TPSA) is 112 Å². The molecule has 9 heteroatoms. The highest BCUT2D eigenvalue weighted by molar-refractivity contribution is 6.32. The van der Waals surface area contributed by atoms with Gasteiger partial charge in [0, 0.05) is 0 Å². The molecule has 0 aliphatic carbocycles. The van der Waals surface area contributed by atoms with Crippen LogP contribution in [0.1, 0.15) is 5.56 Å². The third-order valence-corrected chi connectivity index (χ3v) is 3.82. The largest absolute Gasteiger partial charge is 0.506 e. The molecule has 4 rings (SSSR count). The predicted octanol–water partition coefficient (Wildman–Crippen LogP) is 3.92. The highest BCUT2D eigenvalue weighted by Gasteiger charge is 2.09. The number of fused-ring (bicyclic) bond motifs is 3. The number of halogens is 1. The molecule has 120 valence electrons. The van der Waals surface area contributed by atoms with E-state index in [2.05, 4.69) is 25.5 Å². The Bertz CT molecular complexity index is 1190. The minimum Gasteiger partial charge on any atom is -0.506 e. The van der Waals surface area contributed by atoms with Crippen molar-refractivity contribution in [3.63, 3.8) is 0 Å². The van der Waals surface area contributed by atoms with Crippen LogP contribution in [-0.4, -0.2) is 24.9 Å². The SMILES string of the molecule is N#Cc1cnn2c1nnc1ccc(N=Nc3ccc(O)c(Cl)c3)cc12. The first-order valence-electron chi connectivity index (χ1n) is 7.10. The lowest BCUT2D eigenvalue weighted by atomic mass is 10.2. The molecular formula is C16H8ClN7O. The second kappa shape index (κ2) is 5.81. The highest BCUT2D eigenvalue weighted by atomic mass is 35.5. The van der Waals surface area contributed by atoms with Crippen molar-refractivity contribution < 1.29 is 5.11 Å². The lowest BCUT2D eigenvalue weighted by Gasteiger charge is -2.01. The van der Waals surface area contributed by atoms with Crippen LogP contribution in [0.3, 0.4) is 0 Å². The summed E-state index contributed by atoms with van der Waals surface area (Å²) in [5, 5.41) is 39.2. The first-order chi connectivity index (χ1) is 12.2. The maximum atomic E-state index is 9.42. The molecule has 2 heterocycles. The van der Waals surface area contributed by atoms with Gasteiger partial charge < -0.3 is 5.11 Å². The Kier molecular flexibility index (Phi) is 3.48. The highest BCUT2D eigenvalue weighted by Crippen LogP contribution is 2.29. The van der Waals surface area contributed by atoms with Gasteiger partial charge in [-0.05, 0) is 36.4 Å². The van der Waals surface area contributed by atoms with E-state index in [4.69, 9.17) is 16.9 Å². The summed E-state index contributed by atoms with van der Waals surface area (Å²) >= 11 is 5.85. The van der Waals surface area contributed by atoms with Gasteiger partial charge in [0.15, 0.2) is 5.65 Å². The summed E-state index contributed by atoms with van der Waals surface area (Å²) in [6.45, 7) is 0. The molecule has 2 aromatic carbocycles. The Morgan fingerprint density at radius 3 is 2.60 bits per heavy atom. The monoisotopic (exact) mass is 349 g/mol. The number of phenols is 1. The van der Waals surface area contributed by atoms with E-state index in [0.717, 1.165) is 0 Å². The van der Waals surface area contributed by atoms with Gasteiger partial charge >= 0.3 is 0 Å². The molecule has 8 nitrogen and oxygen atoms in total. The fourth-order valence-corrected chi connectivity index (χ4v) is 2.47. The standard InChI is InChI=1S/C16H8ClN7O/c17-12-5-10(2-4-15(12)25)20-21-11-1-3-13-14(6-11)24-16(23-22-13)9(7-18)8-19-24/h1-6,8,25H. The van der Waals surface area contributed by atoms with Crippen molar-refractivity contribution in [3.05, 3.63) is 53.2 Å². The number of nitrogens with zero attached hydrogens (tertiary/aromatic N) is 7. The Balaban J connectivity index is 1.78. The van der Waals surface area contributed by atoms with E-state index in [1.807, 2.05) is 6.07 Å². The van der Waals surface area contributed by atoms with Crippen LogP contribution in [0.25, 0.3) is 16.7 Å². The molecule has 0 unspecified atom stereocenters. The smallest absolute Gasteiger partial charge is 0.195 e. The summed E-state index contributed by atoms with van der Waals surface area (Å²) in [5.74, 6) is -0.0146. The summed E-state index contributed by atoms with van der Waals surface area (Å²) in [7, 11) is 0. The fraction of sp³-hybridized carbons (Fsp3) is 0. The van der Waals surface area contributed by atoms with E-state index >= 15 is 0 Å². The maximum Gasteiger partial charge on any atom is 0.195 e. The lowest BCUT2D eigenvalue weighted by molar-refractivity contribution is 0.475. The predicted molar refractivity (Wildman–Crippen MR) is 90.3 cm³/mol. The van der Waals surface area contributed by atoms with E-state index < -0.39 is 0 Å². The second-order valence-corrected chi connectivity index (χ2v) is 5.52. The summed E-state index contributed by atoms with van der Waals surface area (Å²) in [4.78, 5) is 0. The van der Waals surface area contributed by atoms with Crippen molar-refractivity contribution >= 4 is 39.7 Å². The van der Waals surface area contributed by atoms with Crippen LogP contribution in [0.2, 0.25) is 5.02 Å². The Morgan fingerprint density at radius 1 is 1.08 bits per heavy atom. The second-order valence-electron chi connectivity index (χ2n) is 5.11. The average molecular weight is 350 g/mol. The number of aromatic nitrogens is 4. The molecule has 0 spiro atoms. The van der Waals surface area contributed by atoms with Gasteiger partial charge in [-0.25, -0.2) is 4.52 Å². The van der Waals surface area contributed by atoms with E-state index in [9.17, 15) is 5.11 Å². The molecule has 0 aliphatic rings. The van der Waals surface area contributed by atoms with Crippen LogP contribution < -0.4 is 0 Å². The molecule has 0 bridgehead atoms. The van der Waals surface area contributed by atoms with Gasteiger partial charge in [0.05, 0.1) is 28.1 Å². The van der Waals surface area contributed by atoms with E-state index in [1.165, 1.54) is 22.8 Å². The molecule has 25 heavy (non-hydrogen) atoms. The molecule has 0 aliphatic heterocycles. The number of benzene rings is 2. The summed E-state index contributed by atoms with van der Waals surface area (Å²) < 4.78 is 1.54. The summed E-state index contributed by atoms with van der Waals surface area (Å²) in [6, 6.07) is 11.8. The molecule has 0 radical (unpaired) electrons. The zero-order chi connectivity index (χ0) is 17.4. The minimum atomic E-state index is -0.0146. The fourth-order valence-electron chi connectivity index (χ4n) is 2.30. The van der Waals surface area contributed by atoms with Gasteiger partial charge in [-0.15, -0.1) is 10.2 Å². The van der Waals surface area contributed by atoms with E-state index in [-0.39, 0.29) is 10.8 Å². The van der Waals surface area contributed by atoms with Crippen LogP contribution >= 0.6 is 11.6 Å². The van der Waals surface area contributed by atoms with Crippen molar-refractivity contribution in [3.8, 4) is 11.8 Å². The molecule has 0 atom stereocenters. The third kappa shape index (κ3) is 2.62. The van der Waals surface area contributed by atoms with E-state index in [1.54, 1.807) is 24.3 Å². The molecule has 1 N–H and O–H groups in total. The van der Waals surface area contributed by atoms with Crippen LogP contribution in [0.4, 0.5) is 11.4 Å². The van der Waals surface area contributed by atoms with Crippen LogP contribution in [0, 0.1) is 11.3 Å². The normalized spacial score (nSPS) is 11.4. The first kappa shape index (κ1) is 15.0. The van der Waals surface area contributed by atoms with Crippen molar-refractivity contribution in [2.45, 2.75) is 0 Å². The molecular weight excluding hydrogens is 342 g/mol. The number of nitriles is 1.